The third-order valence-corrected chi connectivity index (χ3v) is 3.10. The number of anilines is 1. The Hall–Kier alpha value is -1.56. The first kappa shape index (κ1) is 16.5. The Labute approximate surface area is 123 Å². The number of carbonyl (C=O) groups excluding carboxylic acids is 1. The zero-order chi connectivity index (χ0) is 15.3. The molecular weight excluding hydrogens is 280 g/mol. The van der Waals surface area contributed by atoms with Crippen LogP contribution in [0.15, 0.2) is 11.0 Å². The summed E-state index contributed by atoms with van der Waals surface area (Å²) < 4.78 is 1.26. The summed E-state index contributed by atoms with van der Waals surface area (Å²) >= 11 is 5.99. The lowest BCUT2D eigenvalue weighted by atomic mass is 10.2. The van der Waals surface area contributed by atoms with Crippen molar-refractivity contribution in [3.05, 3.63) is 21.6 Å². The topological polar surface area (TPSA) is 76.0 Å². The van der Waals surface area contributed by atoms with Crippen molar-refractivity contribution in [2.45, 2.75) is 40.3 Å². The van der Waals surface area contributed by atoms with E-state index in [1.807, 2.05) is 13.8 Å². The molecule has 1 heterocycles. The molecule has 0 bridgehead atoms. The number of amides is 1. The Morgan fingerprint density at radius 2 is 2.10 bits per heavy atom. The van der Waals surface area contributed by atoms with Crippen LogP contribution < -0.4 is 16.2 Å². The van der Waals surface area contributed by atoms with E-state index in [0.717, 1.165) is 0 Å². The van der Waals surface area contributed by atoms with Gasteiger partial charge in [0.1, 0.15) is 11.1 Å². The van der Waals surface area contributed by atoms with E-state index >= 15 is 0 Å². The van der Waals surface area contributed by atoms with Gasteiger partial charge in [-0.25, -0.2) is 4.68 Å². The molecule has 1 rings (SSSR count). The van der Waals surface area contributed by atoms with E-state index in [9.17, 15) is 9.59 Å². The maximum atomic E-state index is 11.9. The number of hydrogen-bond acceptors (Lipinski definition) is 4. The quantitative estimate of drug-likeness (QED) is 0.834. The highest BCUT2D eigenvalue weighted by Crippen LogP contribution is 2.16. The Bertz CT molecular complexity index is 528. The van der Waals surface area contributed by atoms with Gasteiger partial charge in [-0.05, 0) is 19.8 Å². The molecule has 0 aliphatic rings. The lowest BCUT2D eigenvalue weighted by Gasteiger charge is -2.17. The van der Waals surface area contributed by atoms with Gasteiger partial charge in [0.05, 0.1) is 11.9 Å². The smallest absolute Gasteiger partial charge is 0.287 e. The first-order valence-corrected chi connectivity index (χ1v) is 7.04. The van der Waals surface area contributed by atoms with Gasteiger partial charge in [-0.3, -0.25) is 9.59 Å². The SMILES string of the molecule is CCn1ncc(NC(C)C(=O)NCC(C)C)c(Cl)c1=O. The molecule has 0 aliphatic heterocycles. The first-order valence-electron chi connectivity index (χ1n) is 6.66. The number of halogens is 1. The van der Waals surface area contributed by atoms with Gasteiger partial charge in [0.2, 0.25) is 5.91 Å². The number of aromatic nitrogens is 2. The molecule has 0 fully saturated rings. The molecule has 0 aromatic carbocycles. The third-order valence-electron chi connectivity index (χ3n) is 2.73. The van der Waals surface area contributed by atoms with Gasteiger partial charge < -0.3 is 10.6 Å². The Kier molecular flexibility index (Phi) is 6.01. The normalized spacial score (nSPS) is 12.3. The van der Waals surface area contributed by atoms with Gasteiger partial charge in [-0.1, -0.05) is 25.4 Å². The highest BCUT2D eigenvalue weighted by molar-refractivity contribution is 6.33. The van der Waals surface area contributed by atoms with Crippen LogP contribution in [0.5, 0.6) is 0 Å². The Morgan fingerprint density at radius 1 is 1.45 bits per heavy atom. The molecule has 1 amide bonds. The van der Waals surface area contributed by atoms with Crippen molar-refractivity contribution >= 4 is 23.2 Å². The van der Waals surface area contributed by atoms with Crippen LogP contribution in [-0.4, -0.2) is 28.3 Å². The summed E-state index contributed by atoms with van der Waals surface area (Å²) in [6, 6.07) is -0.495. The minimum atomic E-state index is -0.495. The summed E-state index contributed by atoms with van der Waals surface area (Å²) in [5.74, 6) is 0.235. The molecule has 20 heavy (non-hydrogen) atoms. The fourth-order valence-corrected chi connectivity index (χ4v) is 1.75. The molecule has 1 unspecified atom stereocenters. The molecule has 0 radical (unpaired) electrons. The highest BCUT2D eigenvalue weighted by Gasteiger charge is 2.16. The second-order valence-electron chi connectivity index (χ2n) is 5.00. The molecule has 1 atom stereocenters. The predicted octanol–water partition coefficient (Wildman–Crippen LogP) is 1.49. The van der Waals surface area contributed by atoms with Crippen LogP contribution in [0.2, 0.25) is 5.02 Å². The van der Waals surface area contributed by atoms with Gasteiger partial charge in [0.25, 0.3) is 5.56 Å². The van der Waals surface area contributed by atoms with Crippen molar-refractivity contribution in [3.63, 3.8) is 0 Å². The second kappa shape index (κ2) is 7.28. The molecule has 0 aliphatic carbocycles. The van der Waals surface area contributed by atoms with E-state index in [1.54, 1.807) is 13.8 Å². The van der Waals surface area contributed by atoms with Crippen molar-refractivity contribution in [2.75, 3.05) is 11.9 Å². The fraction of sp³-hybridized carbons (Fsp3) is 0.615. The average molecular weight is 301 g/mol. The van der Waals surface area contributed by atoms with E-state index in [1.165, 1.54) is 10.9 Å². The van der Waals surface area contributed by atoms with Gasteiger partial charge in [-0.2, -0.15) is 5.10 Å². The van der Waals surface area contributed by atoms with E-state index < -0.39 is 6.04 Å². The molecule has 0 saturated heterocycles. The molecule has 2 N–H and O–H groups in total. The fourth-order valence-electron chi connectivity index (χ4n) is 1.55. The molecule has 112 valence electrons. The van der Waals surface area contributed by atoms with Crippen molar-refractivity contribution in [2.24, 2.45) is 5.92 Å². The first-order chi connectivity index (χ1) is 9.36. The lowest BCUT2D eigenvalue weighted by Crippen LogP contribution is -2.39. The largest absolute Gasteiger partial charge is 0.371 e. The van der Waals surface area contributed by atoms with Crippen LogP contribution in [0.1, 0.15) is 27.7 Å². The van der Waals surface area contributed by atoms with E-state index in [0.29, 0.717) is 24.7 Å². The summed E-state index contributed by atoms with van der Waals surface area (Å²) in [6.07, 6.45) is 1.46. The molecule has 0 spiro atoms. The number of carbonyl (C=O) groups is 1. The summed E-state index contributed by atoms with van der Waals surface area (Å²) in [5.41, 5.74) is 0.00233. The van der Waals surface area contributed by atoms with Gasteiger partial charge in [0.15, 0.2) is 0 Å². The molecule has 6 nitrogen and oxygen atoms in total. The van der Waals surface area contributed by atoms with Crippen LogP contribution in [0.4, 0.5) is 5.69 Å². The second-order valence-corrected chi connectivity index (χ2v) is 5.38. The number of rotatable bonds is 6. The molecule has 7 heteroatoms. The number of nitrogens with zero attached hydrogens (tertiary/aromatic N) is 2. The van der Waals surface area contributed by atoms with Crippen molar-refractivity contribution < 1.29 is 4.79 Å². The number of hydrogen-bond donors (Lipinski definition) is 2. The maximum Gasteiger partial charge on any atom is 0.287 e. The number of nitrogens with one attached hydrogen (secondary N) is 2. The van der Waals surface area contributed by atoms with Crippen LogP contribution in [0.3, 0.4) is 0 Å². The monoisotopic (exact) mass is 300 g/mol. The Balaban J connectivity index is 2.76. The average Bonchev–Trinajstić information content (AvgIpc) is 2.41. The summed E-state index contributed by atoms with van der Waals surface area (Å²) in [6.45, 7) is 8.60. The van der Waals surface area contributed by atoms with E-state index in [2.05, 4.69) is 15.7 Å². The van der Waals surface area contributed by atoms with Crippen molar-refractivity contribution in [1.82, 2.24) is 15.1 Å². The van der Waals surface area contributed by atoms with Crippen LogP contribution in [-0.2, 0) is 11.3 Å². The summed E-state index contributed by atoms with van der Waals surface area (Å²) in [5, 5.41) is 9.73. The van der Waals surface area contributed by atoms with Crippen LogP contribution in [0.25, 0.3) is 0 Å². The van der Waals surface area contributed by atoms with Gasteiger partial charge >= 0.3 is 0 Å². The van der Waals surface area contributed by atoms with Gasteiger partial charge in [-0.15, -0.1) is 0 Å². The van der Waals surface area contributed by atoms with Crippen LogP contribution in [0, 0.1) is 5.92 Å². The van der Waals surface area contributed by atoms with Crippen molar-refractivity contribution in [1.29, 1.82) is 0 Å². The molecular formula is C13H21ClN4O2. The number of aryl methyl sites for hydroxylation is 1. The lowest BCUT2D eigenvalue weighted by molar-refractivity contribution is -0.121. The van der Waals surface area contributed by atoms with E-state index in [4.69, 9.17) is 11.6 Å². The predicted molar refractivity (Wildman–Crippen MR) is 80.1 cm³/mol. The maximum absolute atomic E-state index is 11.9. The van der Waals surface area contributed by atoms with Crippen molar-refractivity contribution in [3.8, 4) is 0 Å². The standard InChI is InChI=1S/C13H21ClN4O2/c1-5-18-13(20)11(14)10(7-16-18)17-9(4)12(19)15-6-8(2)3/h7-9,17H,5-6H2,1-4H3,(H,15,19). The third kappa shape index (κ3) is 4.23. The zero-order valence-electron chi connectivity index (χ0n) is 12.2. The van der Waals surface area contributed by atoms with E-state index in [-0.39, 0.29) is 16.5 Å². The minimum absolute atomic E-state index is 0.0466. The Morgan fingerprint density at radius 3 is 2.65 bits per heavy atom. The summed E-state index contributed by atoms with van der Waals surface area (Å²) in [7, 11) is 0. The molecule has 1 aromatic rings. The molecule has 1 aromatic heterocycles. The molecule has 0 saturated carbocycles. The van der Waals surface area contributed by atoms with Crippen LogP contribution >= 0.6 is 11.6 Å². The minimum Gasteiger partial charge on any atom is -0.371 e. The highest BCUT2D eigenvalue weighted by atomic mass is 35.5. The van der Waals surface area contributed by atoms with Gasteiger partial charge in [0, 0.05) is 13.1 Å². The zero-order valence-corrected chi connectivity index (χ0v) is 13.0. The summed E-state index contributed by atoms with van der Waals surface area (Å²) in [4.78, 5) is 23.7.